The molecule has 0 aliphatic carbocycles. The number of rotatable bonds is 15. The molecule has 4 N–H and O–H groups in total. The van der Waals surface area contributed by atoms with Crippen molar-refractivity contribution >= 4 is 75.1 Å². The molecule has 6 rings (SSSR count). The number of thioether (sulfide) groups is 1. The van der Waals surface area contributed by atoms with Crippen molar-refractivity contribution in [3.63, 3.8) is 0 Å². The van der Waals surface area contributed by atoms with Gasteiger partial charge in [0.25, 0.3) is 17.7 Å². The van der Waals surface area contributed by atoms with Crippen LogP contribution >= 0.6 is 23.1 Å². The predicted molar refractivity (Wildman–Crippen MR) is 235 cm³/mol. The first-order valence-corrected chi connectivity index (χ1v) is 20.1. The lowest BCUT2D eigenvalue weighted by atomic mass is 10.1. The summed E-state index contributed by atoms with van der Waals surface area (Å²) in [5.74, 6) is -1.94. The van der Waals surface area contributed by atoms with Gasteiger partial charge in [-0.25, -0.2) is 4.79 Å². The SMILES string of the molecule is COC(=O)c1c(NC(=O)C(Sc2cccc(NC(=O)/C(=C\c3cccc(OC)c3OC)NC(=O)c3ccccc3)c2)c2ccccc2)sc(C(=O)Nc2ccccc2)c1C. The molecule has 304 valence electrons. The number of benzene rings is 5. The highest BCUT2D eigenvalue weighted by atomic mass is 32.2. The third kappa shape index (κ3) is 10.3. The minimum absolute atomic E-state index is 0.0699. The number of para-hydroxylation sites is 2. The molecule has 12 nitrogen and oxygen atoms in total. The molecule has 6 aromatic rings. The van der Waals surface area contributed by atoms with Crippen LogP contribution in [-0.2, 0) is 14.3 Å². The summed E-state index contributed by atoms with van der Waals surface area (Å²) in [6, 6.07) is 38.5. The zero-order chi connectivity index (χ0) is 42.6. The first-order chi connectivity index (χ1) is 29.1. The average molecular weight is 841 g/mol. The van der Waals surface area contributed by atoms with Crippen LogP contribution in [0.5, 0.6) is 11.5 Å². The van der Waals surface area contributed by atoms with E-state index in [-0.39, 0.29) is 21.1 Å². The fraction of sp³-hybridized carbons (Fsp3) is 0.109. The molecule has 0 saturated heterocycles. The Labute approximate surface area is 355 Å². The summed E-state index contributed by atoms with van der Waals surface area (Å²) in [7, 11) is 4.21. The molecular weight excluding hydrogens is 801 g/mol. The van der Waals surface area contributed by atoms with E-state index in [9.17, 15) is 24.0 Å². The van der Waals surface area contributed by atoms with Gasteiger partial charge in [0, 0.05) is 27.4 Å². The second-order valence-electron chi connectivity index (χ2n) is 12.9. The number of methoxy groups -OCH3 is 3. The van der Waals surface area contributed by atoms with Crippen molar-refractivity contribution in [3.05, 3.63) is 172 Å². The van der Waals surface area contributed by atoms with E-state index in [2.05, 4.69) is 21.3 Å². The zero-order valence-electron chi connectivity index (χ0n) is 32.9. The number of nitrogens with one attached hydrogen (secondary N) is 4. The van der Waals surface area contributed by atoms with Gasteiger partial charge in [0.2, 0.25) is 5.91 Å². The fourth-order valence-corrected chi connectivity index (χ4v) is 8.24. The standard InChI is InChI=1S/C46H40N4O8S2/c1-28-37(46(55)58-4)45(60-39(28)43(53)47-32-21-12-7-13-22-32)50-44(54)40(29-16-8-5-9-17-29)59-34-24-15-23-33(27-34)48-42(52)35(49-41(51)30-18-10-6-11-19-30)26-31-20-14-25-36(56-2)38(31)57-3/h5-27,40H,1-4H3,(H,47,53)(H,48,52)(H,49,51)(H,50,54)/b35-26+. The van der Waals surface area contributed by atoms with Gasteiger partial charge in [0.05, 0.1) is 31.8 Å². The minimum atomic E-state index is -0.854. The van der Waals surface area contributed by atoms with Gasteiger partial charge in [-0.3, -0.25) is 19.2 Å². The van der Waals surface area contributed by atoms with Gasteiger partial charge in [-0.05, 0) is 72.7 Å². The molecule has 0 saturated carbocycles. The van der Waals surface area contributed by atoms with Crippen molar-refractivity contribution in [2.45, 2.75) is 17.1 Å². The lowest BCUT2D eigenvalue weighted by Crippen LogP contribution is -2.30. The van der Waals surface area contributed by atoms with Gasteiger partial charge in [0.15, 0.2) is 11.5 Å². The van der Waals surface area contributed by atoms with Gasteiger partial charge in [-0.15, -0.1) is 23.1 Å². The van der Waals surface area contributed by atoms with E-state index in [0.29, 0.717) is 50.0 Å². The zero-order valence-corrected chi connectivity index (χ0v) is 34.6. The number of esters is 1. The molecule has 0 bridgehead atoms. The average Bonchev–Trinajstić information content (AvgIpc) is 3.60. The predicted octanol–water partition coefficient (Wildman–Crippen LogP) is 8.99. The van der Waals surface area contributed by atoms with Crippen LogP contribution in [0.4, 0.5) is 16.4 Å². The van der Waals surface area contributed by atoms with Crippen LogP contribution in [0.25, 0.3) is 6.08 Å². The van der Waals surface area contributed by atoms with Crippen molar-refractivity contribution in [2.75, 3.05) is 37.3 Å². The van der Waals surface area contributed by atoms with Crippen molar-refractivity contribution < 1.29 is 38.2 Å². The molecule has 14 heteroatoms. The van der Waals surface area contributed by atoms with E-state index in [1.165, 1.54) is 39.2 Å². The second kappa shape index (κ2) is 20.0. The van der Waals surface area contributed by atoms with Crippen molar-refractivity contribution in [2.24, 2.45) is 0 Å². The molecule has 60 heavy (non-hydrogen) atoms. The first kappa shape index (κ1) is 42.4. The van der Waals surface area contributed by atoms with Crippen LogP contribution in [0.3, 0.4) is 0 Å². The van der Waals surface area contributed by atoms with Crippen molar-refractivity contribution in [1.82, 2.24) is 5.32 Å². The van der Waals surface area contributed by atoms with Crippen LogP contribution in [0.15, 0.2) is 144 Å². The number of ether oxygens (including phenoxy) is 3. The monoisotopic (exact) mass is 840 g/mol. The Morgan fingerprint density at radius 3 is 2.00 bits per heavy atom. The summed E-state index contributed by atoms with van der Waals surface area (Å²) < 4.78 is 16.1. The minimum Gasteiger partial charge on any atom is -0.493 e. The number of hydrogen-bond acceptors (Lipinski definition) is 10. The Morgan fingerprint density at radius 1 is 0.683 bits per heavy atom. The van der Waals surface area contributed by atoms with Crippen LogP contribution in [0, 0.1) is 6.92 Å². The summed E-state index contributed by atoms with van der Waals surface area (Å²) in [6.45, 7) is 1.63. The number of hydrogen-bond donors (Lipinski definition) is 4. The third-order valence-corrected chi connectivity index (χ3v) is 11.4. The molecule has 0 aliphatic rings. The van der Waals surface area contributed by atoms with Gasteiger partial charge < -0.3 is 35.5 Å². The maximum Gasteiger partial charge on any atom is 0.341 e. The highest BCUT2D eigenvalue weighted by Crippen LogP contribution is 2.40. The van der Waals surface area contributed by atoms with E-state index in [4.69, 9.17) is 14.2 Å². The maximum atomic E-state index is 14.3. The fourth-order valence-electron chi connectivity index (χ4n) is 6.06. The highest BCUT2D eigenvalue weighted by molar-refractivity contribution is 8.00. The molecule has 1 aromatic heterocycles. The maximum absolute atomic E-state index is 14.3. The van der Waals surface area contributed by atoms with Crippen LogP contribution in [0.2, 0.25) is 0 Å². The Hall–Kier alpha value is -7.16. The van der Waals surface area contributed by atoms with Crippen LogP contribution in [-0.4, -0.2) is 50.9 Å². The summed E-state index contributed by atoms with van der Waals surface area (Å²) in [4.78, 5) is 68.9. The van der Waals surface area contributed by atoms with Crippen LogP contribution < -0.4 is 30.7 Å². The van der Waals surface area contributed by atoms with Gasteiger partial charge >= 0.3 is 5.97 Å². The topological polar surface area (TPSA) is 161 Å². The van der Waals surface area contributed by atoms with Crippen LogP contribution in [0.1, 0.15) is 52.3 Å². The smallest absolute Gasteiger partial charge is 0.341 e. The second-order valence-corrected chi connectivity index (χ2v) is 15.1. The summed E-state index contributed by atoms with van der Waals surface area (Å²) >= 11 is 2.18. The summed E-state index contributed by atoms with van der Waals surface area (Å²) in [5, 5.41) is 10.7. The molecule has 1 atom stereocenters. The Kier molecular flexibility index (Phi) is 14.2. The molecule has 0 radical (unpaired) electrons. The molecule has 4 amide bonds. The van der Waals surface area contributed by atoms with Gasteiger partial charge in [0.1, 0.15) is 15.9 Å². The Bertz CT molecular complexity index is 2540. The van der Waals surface area contributed by atoms with Crippen molar-refractivity contribution in [1.29, 1.82) is 0 Å². The quantitative estimate of drug-likeness (QED) is 0.0450. The number of thiophene rings is 1. The Balaban J connectivity index is 1.28. The van der Waals surface area contributed by atoms with Gasteiger partial charge in [-0.1, -0.05) is 84.9 Å². The molecule has 1 unspecified atom stereocenters. The van der Waals surface area contributed by atoms with E-state index in [1.54, 1.807) is 104 Å². The summed E-state index contributed by atoms with van der Waals surface area (Å²) in [5.41, 5.74) is 2.81. The molecule has 1 heterocycles. The number of carbonyl (C=O) groups is 5. The highest BCUT2D eigenvalue weighted by Gasteiger charge is 2.30. The number of carbonyl (C=O) groups excluding carboxylic acids is 5. The van der Waals surface area contributed by atoms with E-state index >= 15 is 0 Å². The largest absolute Gasteiger partial charge is 0.493 e. The molecular formula is C46H40N4O8S2. The molecule has 5 aromatic carbocycles. The number of anilines is 3. The third-order valence-electron chi connectivity index (χ3n) is 8.96. The van der Waals surface area contributed by atoms with E-state index in [0.717, 1.165) is 11.3 Å². The molecule has 0 aliphatic heterocycles. The number of amides is 4. The Morgan fingerprint density at radius 2 is 1.33 bits per heavy atom. The van der Waals surface area contributed by atoms with E-state index in [1.807, 2.05) is 36.4 Å². The van der Waals surface area contributed by atoms with Crippen molar-refractivity contribution in [3.8, 4) is 11.5 Å². The normalized spacial score (nSPS) is 11.4. The first-order valence-electron chi connectivity index (χ1n) is 18.4. The summed E-state index contributed by atoms with van der Waals surface area (Å²) in [6.07, 6.45) is 1.50. The lowest BCUT2D eigenvalue weighted by Gasteiger charge is -2.18. The molecule has 0 fully saturated rings. The van der Waals surface area contributed by atoms with E-state index < -0.39 is 34.8 Å². The van der Waals surface area contributed by atoms with Gasteiger partial charge in [-0.2, -0.15) is 0 Å². The lowest BCUT2D eigenvalue weighted by molar-refractivity contribution is -0.116. The molecule has 0 spiro atoms.